The molecule has 0 saturated carbocycles. The molecule has 0 aliphatic carbocycles. The van der Waals surface area contributed by atoms with Crippen LogP contribution in [0.4, 0.5) is 8.78 Å². The van der Waals surface area contributed by atoms with Gasteiger partial charge < -0.3 is 29.2 Å². The number of carbonyl (C=O) groups excluding carboxylic acids is 5. The van der Waals surface area contributed by atoms with Crippen molar-refractivity contribution in [2.75, 3.05) is 13.7 Å². The van der Waals surface area contributed by atoms with Gasteiger partial charge >= 0.3 is 17.9 Å². The molecule has 244 valence electrons. The molecule has 2 rings (SSSR count). The fraction of sp³-hybridized carbons (Fsp3) is 0.581. The van der Waals surface area contributed by atoms with Crippen LogP contribution in [0.2, 0.25) is 0 Å². The molecule has 1 aromatic carbocycles. The van der Waals surface area contributed by atoms with Gasteiger partial charge in [0.05, 0.1) is 0 Å². The molecule has 2 amide bonds. The van der Waals surface area contributed by atoms with Gasteiger partial charge in [-0.05, 0) is 49.0 Å². The van der Waals surface area contributed by atoms with E-state index < -0.39 is 71.8 Å². The van der Waals surface area contributed by atoms with Crippen molar-refractivity contribution in [3.05, 3.63) is 47.5 Å². The van der Waals surface area contributed by atoms with Crippen molar-refractivity contribution in [3.63, 3.8) is 0 Å². The van der Waals surface area contributed by atoms with Gasteiger partial charge in [0.2, 0.25) is 5.91 Å². The second-order valence-electron chi connectivity index (χ2n) is 10.7. The van der Waals surface area contributed by atoms with Crippen LogP contribution in [0, 0.1) is 17.6 Å². The van der Waals surface area contributed by atoms with E-state index in [1.807, 2.05) is 13.8 Å². The molecule has 1 saturated heterocycles. The molecule has 1 fully saturated rings. The van der Waals surface area contributed by atoms with Crippen LogP contribution in [0.15, 0.2) is 30.4 Å². The number of nitrogens with one attached hydrogen (secondary N) is 1. The molecule has 11 nitrogen and oxygen atoms in total. The van der Waals surface area contributed by atoms with E-state index in [0.717, 1.165) is 45.4 Å². The van der Waals surface area contributed by atoms with Gasteiger partial charge in [0.15, 0.2) is 24.4 Å². The average molecular weight is 625 g/mol. The molecule has 0 bridgehead atoms. The van der Waals surface area contributed by atoms with E-state index in [-0.39, 0.29) is 24.4 Å². The van der Waals surface area contributed by atoms with Gasteiger partial charge in [-0.3, -0.25) is 24.0 Å². The minimum atomic E-state index is -1.61. The number of hydrogen-bond donors (Lipinski definition) is 1. The van der Waals surface area contributed by atoms with Gasteiger partial charge in [0, 0.05) is 47.0 Å². The van der Waals surface area contributed by atoms with Crippen LogP contribution in [0.25, 0.3) is 0 Å². The molecular formula is C31H42F2N2O9. The normalized spacial score (nSPS) is 18.9. The molecule has 0 aromatic heterocycles. The van der Waals surface area contributed by atoms with Crippen molar-refractivity contribution in [2.45, 2.75) is 97.3 Å². The number of allylic oxidation sites excluding steroid dienone is 1. The van der Waals surface area contributed by atoms with Gasteiger partial charge in [-0.2, -0.15) is 0 Å². The van der Waals surface area contributed by atoms with Gasteiger partial charge in [0.25, 0.3) is 5.91 Å². The molecule has 1 aliphatic rings. The molecule has 1 heterocycles. The standard InChI is InChI=1S/C31H42F2N2O9/c1-7-18(2)11-12-26(42-19(3)36)27(43-20(4)37)28(44-21(5)38)29(41-6)30(39)34-25-10-8-9-13-35(31(25)40)17-22-14-23(32)16-24(33)15-22/h11-12,14-16,18,25-29H,7-10,13,17H2,1-6H3,(H,34,39)/t18?,25?,26-,27+,28-,29-/m1/s1. The summed E-state index contributed by atoms with van der Waals surface area (Å²) in [6.45, 7) is 7.41. The number of benzene rings is 1. The third kappa shape index (κ3) is 11.3. The highest BCUT2D eigenvalue weighted by molar-refractivity contribution is 5.90. The van der Waals surface area contributed by atoms with E-state index in [2.05, 4.69) is 5.32 Å². The van der Waals surface area contributed by atoms with Crippen LogP contribution in [-0.2, 0) is 49.5 Å². The first-order chi connectivity index (χ1) is 20.7. The predicted octanol–water partition coefficient (Wildman–Crippen LogP) is 3.37. The lowest BCUT2D eigenvalue weighted by Gasteiger charge is -2.34. The molecule has 6 atom stereocenters. The zero-order valence-corrected chi connectivity index (χ0v) is 26.0. The lowest BCUT2D eigenvalue weighted by molar-refractivity contribution is -0.192. The molecule has 1 aromatic rings. The lowest BCUT2D eigenvalue weighted by atomic mass is 9.98. The van der Waals surface area contributed by atoms with Crippen LogP contribution in [-0.4, -0.2) is 78.7 Å². The van der Waals surface area contributed by atoms with Crippen LogP contribution < -0.4 is 5.32 Å². The Hall–Kier alpha value is -3.87. The van der Waals surface area contributed by atoms with E-state index in [1.54, 1.807) is 6.08 Å². The SMILES string of the molecule is CCC(C)C=C[C@@H](OC(C)=O)[C@H](OC(C)=O)[C@@H](OC(C)=O)[C@@H](OC)C(=O)NC1CCCCN(Cc2cc(F)cc(F)c2)C1=O. The Morgan fingerprint density at radius 3 is 2.09 bits per heavy atom. The topological polar surface area (TPSA) is 138 Å². The molecule has 1 N–H and O–H groups in total. The highest BCUT2D eigenvalue weighted by Crippen LogP contribution is 2.23. The summed E-state index contributed by atoms with van der Waals surface area (Å²) in [5.41, 5.74) is 0.249. The molecular weight excluding hydrogens is 582 g/mol. The zero-order valence-electron chi connectivity index (χ0n) is 26.0. The van der Waals surface area contributed by atoms with Crippen LogP contribution in [0.5, 0.6) is 0 Å². The minimum Gasteiger partial charge on any atom is -0.455 e. The molecule has 0 radical (unpaired) electrons. The quantitative estimate of drug-likeness (QED) is 0.188. The van der Waals surface area contributed by atoms with Crippen molar-refractivity contribution in [3.8, 4) is 0 Å². The van der Waals surface area contributed by atoms with Crippen molar-refractivity contribution < 1.29 is 51.7 Å². The number of esters is 3. The smallest absolute Gasteiger partial charge is 0.303 e. The number of ether oxygens (including phenoxy) is 4. The lowest BCUT2D eigenvalue weighted by Crippen LogP contribution is -2.58. The number of rotatable bonds is 14. The van der Waals surface area contributed by atoms with Crippen LogP contribution in [0.3, 0.4) is 0 Å². The third-order valence-electron chi connectivity index (χ3n) is 7.03. The summed E-state index contributed by atoms with van der Waals surface area (Å²) in [5, 5.41) is 2.64. The number of carbonyl (C=O) groups is 5. The summed E-state index contributed by atoms with van der Waals surface area (Å²) < 4.78 is 49.3. The van der Waals surface area contributed by atoms with Crippen LogP contribution >= 0.6 is 0 Å². The molecule has 0 spiro atoms. The first-order valence-corrected chi connectivity index (χ1v) is 14.5. The summed E-state index contributed by atoms with van der Waals surface area (Å²) in [4.78, 5) is 64.9. The number of nitrogens with zero attached hydrogens (tertiary/aromatic N) is 1. The van der Waals surface area contributed by atoms with Crippen molar-refractivity contribution >= 4 is 29.7 Å². The first kappa shape index (κ1) is 36.3. The third-order valence-corrected chi connectivity index (χ3v) is 7.03. The summed E-state index contributed by atoms with van der Waals surface area (Å²) in [5.74, 6) is -5.21. The van der Waals surface area contributed by atoms with E-state index in [1.165, 1.54) is 18.1 Å². The Labute approximate surface area is 256 Å². The second-order valence-corrected chi connectivity index (χ2v) is 10.7. The van der Waals surface area contributed by atoms with E-state index in [0.29, 0.717) is 19.4 Å². The first-order valence-electron chi connectivity index (χ1n) is 14.5. The van der Waals surface area contributed by atoms with Crippen LogP contribution in [0.1, 0.15) is 65.9 Å². The van der Waals surface area contributed by atoms with Crippen molar-refractivity contribution in [2.24, 2.45) is 5.92 Å². The molecule has 1 aliphatic heterocycles. The fourth-order valence-corrected chi connectivity index (χ4v) is 4.81. The maximum Gasteiger partial charge on any atom is 0.303 e. The number of hydrogen-bond acceptors (Lipinski definition) is 9. The Bertz CT molecular complexity index is 1190. The minimum absolute atomic E-state index is 0.0489. The maximum atomic E-state index is 13.8. The Morgan fingerprint density at radius 1 is 0.955 bits per heavy atom. The van der Waals surface area contributed by atoms with Gasteiger partial charge in [0.1, 0.15) is 17.7 Å². The fourth-order valence-electron chi connectivity index (χ4n) is 4.81. The van der Waals surface area contributed by atoms with E-state index in [4.69, 9.17) is 18.9 Å². The summed E-state index contributed by atoms with van der Waals surface area (Å²) in [6.07, 6.45) is -0.595. The zero-order chi connectivity index (χ0) is 33.0. The van der Waals surface area contributed by atoms with Crippen molar-refractivity contribution in [1.82, 2.24) is 10.2 Å². The maximum absolute atomic E-state index is 13.8. The Morgan fingerprint density at radius 2 is 1.55 bits per heavy atom. The monoisotopic (exact) mass is 624 g/mol. The number of likely N-dealkylation sites (tertiary alicyclic amines) is 1. The molecule has 13 heteroatoms. The summed E-state index contributed by atoms with van der Waals surface area (Å²) in [7, 11) is 1.17. The van der Waals surface area contributed by atoms with E-state index >= 15 is 0 Å². The number of methoxy groups -OCH3 is 1. The second kappa shape index (κ2) is 17.4. The summed E-state index contributed by atoms with van der Waals surface area (Å²) in [6, 6.07) is 1.95. The van der Waals surface area contributed by atoms with Gasteiger partial charge in [-0.1, -0.05) is 26.3 Å². The van der Waals surface area contributed by atoms with Gasteiger partial charge in [-0.25, -0.2) is 8.78 Å². The largest absolute Gasteiger partial charge is 0.455 e. The van der Waals surface area contributed by atoms with Crippen molar-refractivity contribution in [1.29, 1.82) is 0 Å². The average Bonchev–Trinajstić information content (AvgIpc) is 3.09. The number of halogens is 2. The summed E-state index contributed by atoms with van der Waals surface area (Å²) >= 11 is 0. The van der Waals surface area contributed by atoms with E-state index in [9.17, 15) is 32.8 Å². The Kier molecular flexibility index (Phi) is 14.4. The highest BCUT2D eigenvalue weighted by atomic mass is 19.1. The molecule has 2 unspecified atom stereocenters. The predicted molar refractivity (Wildman–Crippen MR) is 154 cm³/mol. The Balaban J connectivity index is 2.40. The van der Waals surface area contributed by atoms with Gasteiger partial charge in [-0.15, -0.1) is 0 Å². The number of amides is 2. The highest BCUT2D eigenvalue weighted by Gasteiger charge is 2.45. The molecule has 44 heavy (non-hydrogen) atoms.